The van der Waals surface area contributed by atoms with Gasteiger partial charge in [-0.05, 0) is 54.9 Å². The van der Waals surface area contributed by atoms with Gasteiger partial charge < -0.3 is 4.74 Å². The summed E-state index contributed by atoms with van der Waals surface area (Å²) >= 11 is 3.25. The second kappa shape index (κ2) is 5.85. The minimum atomic E-state index is -0.628. The van der Waals surface area contributed by atoms with Gasteiger partial charge in [0.25, 0.3) is 0 Å². The predicted octanol–water partition coefficient (Wildman–Crippen LogP) is 4.12. The number of rotatable bonds is 2. The molecule has 1 N–H and O–H groups in total. The van der Waals surface area contributed by atoms with Gasteiger partial charge in [-0.15, -0.1) is 0 Å². The standard InChI is InChI=1S/C14H15BrFN3O2/c1-14(2,3)21-13(20)18-10-4-5-12(11(16)6-10)19-8-9(15)7-17-19/h4-8H,1-3H3,(H,18,20). The third-order valence-electron chi connectivity index (χ3n) is 2.39. The molecule has 0 aliphatic rings. The lowest BCUT2D eigenvalue weighted by molar-refractivity contribution is 0.0636. The van der Waals surface area contributed by atoms with E-state index in [0.29, 0.717) is 5.69 Å². The van der Waals surface area contributed by atoms with Crippen molar-refractivity contribution in [1.29, 1.82) is 0 Å². The largest absolute Gasteiger partial charge is 0.444 e. The van der Waals surface area contributed by atoms with Gasteiger partial charge in [-0.2, -0.15) is 5.10 Å². The molecule has 0 unspecified atom stereocenters. The predicted molar refractivity (Wildman–Crippen MR) is 81.1 cm³/mol. The third-order valence-corrected chi connectivity index (χ3v) is 2.80. The first-order valence-electron chi connectivity index (χ1n) is 6.25. The summed E-state index contributed by atoms with van der Waals surface area (Å²) in [7, 11) is 0. The molecule has 0 bridgehead atoms. The van der Waals surface area contributed by atoms with E-state index in [1.807, 2.05) is 0 Å². The minimum absolute atomic E-state index is 0.287. The third kappa shape index (κ3) is 4.29. The topological polar surface area (TPSA) is 56.1 Å². The first kappa shape index (κ1) is 15.5. The number of aromatic nitrogens is 2. The molecule has 0 spiro atoms. The quantitative estimate of drug-likeness (QED) is 0.881. The second-order valence-electron chi connectivity index (χ2n) is 5.40. The number of hydrogen-bond donors (Lipinski definition) is 1. The first-order valence-corrected chi connectivity index (χ1v) is 7.04. The SMILES string of the molecule is CC(C)(C)OC(=O)Nc1ccc(-n2cc(Br)cn2)c(F)c1. The normalized spacial score (nSPS) is 11.3. The van der Waals surface area contributed by atoms with Crippen molar-refractivity contribution < 1.29 is 13.9 Å². The summed E-state index contributed by atoms with van der Waals surface area (Å²) < 4.78 is 21.3. The van der Waals surface area contributed by atoms with Crippen LogP contribution in [0.1, 0.15) is 20.8 Å². The smallest absolute Gasteiger partial charge is 0.412 e. The zero-order valence-corrected chi connectivity index (χ0v) is 13.4. The average Bonchev–Trinajstić information content (AvgIpc) is 2.73. The van der Waals surface area contributed by atoms with Crippen LogP contribution in [-0.4, -0.2) is 21.5 Å². The summed E-state index contributed by atoms with van der Waals surface area (Å²) in [4.78, 5) is 11.6. The molecule has 0 saturated heterocycles. The Balaban J connectivity index is 2.14. The van der Waals surface area contributed by atoms with E-state index in [1.54, 1.807) is 39.2 Å². The maximum Gasteiger partial charge on any atom is 0.412 e. The fourth-order valence-corrected chi connectivity index (χ4v) is 1.91. The molecule has 2 aromatic rings. The molecule has 5 nitrogen and oxygen atoms in total. The molecule has 1 amide bonds. The van der Waals surface area contributed by atoms with E-state index in [-0.39, 0.29) is 5.69 Å². The summed E-state index contributed by atoms with van der Waals surface area (Å²) in [5.74, 6) is -0.501. The Morgan fingerprint density at radius 2 is 2.14 bits per heavy atom. The van der Waals surface area contributed by atoms with Crippen LogP contribution >= 0.6 is 15.9 Å². The van der Waals surface area contributed by atoms with E-state index < -0.39 is 17.5 Å². The van der Waals surface area contributed by atoms with Gasteiger partial charge in [0.1, 0.15) is 11.3 Å². The van der Waals surface area contributed by atoms with E-state index in [4.69, 9.17) is 4.74 Å². The lowest BCUT2D eigenvalue weighted by Gasteiger charge is -2.19. The fraction of sp³-hybridized carbons (Fsp3) is 0.286. The highest BCUT2D eigenvalue weighted by molar-refractivity contribution is 9.10. The maximum atomic E-state index is 14.1. The summed E-state index contributed by atoms with van der Waals surface area (Å²) in [5.41, 5.74) is -0.00338. The Morgan fingerprint density at radius 3 is 2.67 bits per heavy atom. The lowest BCUT2D eigenvalue weighted by atomic mass is 10.2. The van der Waals surface area contributed by atoms with Crippen LogP contribution in [0.15, 0.2) is 35.1 Å². The number of nitrogens with one attached hydrogen (secondary N) is 1. The highest BCUT2D eigenvalue weighted by Gasteiger charge is 2.16. The molecule has 7 heteroatoms. The second-order valence-corrected chi connectivity index (χ2v) is 6.31. The molecule has 0 radical (unpaired) electrons. The Kier molecular flexibility index (Phi) is 4.32. The maximum absolute atomic E-state index is 14.1. The Morgan fingerprint density at radius 1 is 1.43 bits per heavy atom. The van der Waals surface area contributed by atoms with Gasteiger partial charge in [0.15, 0.2) is 5.82 Å². The van der Waals surface area contributed by atoms with Gasteiger partial charge in [0, 0.05) is 11.9 Å². The van der Waals surface area contributed by atoms with E-state index >= 15 is 0 Å². The molecule has 1 heterocycles. The number of hydrogen-bond acceptors (Lipinski definition) is 3. The van der Waals surface area contributed by atoms with Crippen LogP contribution in [-0.2, 0) is 4.74 Å². The summed E-state index contributed by atoms with van der Waals surface area (Å²) in [6, 6.07) is 4.33. The fourth-order valence-electron chi connectivity index (χ4n) is 1.62. The van der Waals surface area contributed by atoms with E-state index in [9.17, 15) is 9.18 Å². The molecule has 2 rings (SSSR count). The minimum Gasteiger partial charge on any atom is -0.444 e. The van der Waals surface area contributed by atoms with Crippen molar-refractivity contribution in [2.45, 2.75) is 26.4 Å². The number of carbonyl (C=O) groups is 1. The van der Waals surface area contributed by atoms with Gasteiger partial charge in [0.2, 0.25) is 0 Å². The van der Waals surface area contributed by atoms with E-state index in [2.05, 4.69) is 26.3 Å². The first-order chi connectivity index (χ1) is 9.74. The highest BCUT2D eigenvalue weighted by atomic mass is 79.9. The van der Waals surface area contributed by atoms with Gasteiger partial charge in [-0.1, -0.05) is 0 Å². The van der Waals surface area contributed by atoms with Crippen LogP contribution in [0.4, 0.5) is 14.9 Å². The molecule has 1 aromatic heterocycles. The van der Waals surface area contributed by atoms with Gasteiger partial charge >= 0.3 is 6.09 Å². The van der Waals surface area contributed by atoms with Crippen molar-refractivity contribution in [3.05, 3.63) is 40.9 Å². The number of ether oxygens (including phenoxy) is 1. The summed E-state index contributed by atoms with van der Waals surface area (Å²) in [6.07, 6.45) is 2.57. The Hall–Kier alpha value is -1.89. The monoisotopic (exact) mass is 355 g/mol. The highest BCUT2D eigenvalue weighted by Crippen LogP contribution is 2.20. The number of carbonyl (C=O) groups excluding carboxylic acids is 1. The molecule has 0 saturated carbocycles. The molecule has 0 aliphatic heterocycles. The van der Waals surface area contributed by atoms with Crippen molar-refractivity contribution in [3.63, 3.8) is 0 Å². The molecule has 0 fully saturated rings. The lowest BCUT2D eigenvalue weighted by Crippen LogP contribution is -2.27. The number of nitrogens with zero attached hydrogens (tertiary/aromatic N) is 2. The van der Waals surface area contributed by atoms with Gasteiger partial charge in [0.05, 0.1) is 10.7 Å². The van der Waals surface area contributed by atoms with E-state index in [0.717, 1.165) is 4.47 Å². The zero-order chi connectivity index (χ0) is 15.6. The molecular weight excluding hydrogens is 341 g/mol. The van der Waals surface area contributed by atoms with E-state index in [1.165, 1.54) is 16.8 Å². The van der Waals surface area contributed by atoms with Crippen molar-refractivity contribution in [3.8, 4) is 5.69 Å². The summed E-state index contributed by atoms with van der Waals surface area (Å²) in [5, 5.41) is 6.49. The number of amides is 1. The van der Waals surface area contributed by atoms with Gasteiger partial charge in [-0.3, -0.25) is 5.32 Å². The summed E-state index contributed by atoms with van der Waals surface area (Å²) in [6.45, 7) is 5.27. The van der Waals surface area contributed by atoms with Crippen molar-refractivity contribution in [2.24, 2.45) is 0 Å². The number of halogens is 2. The van der Waals surface area contributed by atoms with Crippen LogP contribution in [0.25, 0.3) is 5.69 Å². The van der Waals surface area contributed by atoms with Crippen LogP contribution in [0, 0.1) is 5.82 Å². The number of benzene rings is 1. The molecule has 1 aromatic carbocycles. The van der Waals surface area contributed by atoms with Crippen LogP contribution in [0.2, 0.25) is 0 Å². The number of anilines is 1. The molecule has 0 aliphatic carbocycles. The molecule has 112 valence electrons. The Labute approximate surface area is 130 Å². The average molecular weight is 356 g/mol. The Bertz CT molecular complexity index is 664. The molecular formula is C14H15BrFN3O2. The molecule has 0 atom stereocenters. The van der Waals surface area contributed by atoms with Crippen LogP contribution in [0.5, 0.6) is 0 Å². The zero-order valence-electron chi connectivity index (χ0n) is 11.9. The van der Waals surface area contributed by atoms with Crippen molar-refractivity contribution in [2.75, 3.05) is 5.32 Å². The van der Waals surface area contributed by atoms with Crippen LogP contribution < -0.4 is 5.32 Å². The molecule has 21 heavy (non-hydrogen) atoms. The van der Waals surface area contributed by atoms with Crippen molar-refractivity contribution in [1.82, 2.24) is 9.78 Å². The van der Waals surface area contributed by atoms with Crippen LogP contribution in [0.3, 0.4) is 0 Å². The van der Waals surface area contributed by atoms with Crippen molar-refractivity contribution >= 4 is 27.7 Å². The van der Waals surface area contributed by atoms with Gasteiger partial charge in [-0.25, -0.2) is 13.9 Å².